The molecule has 2 heterocycles. The van der Waals surface area contributed by atoms with Gasteiger partial charge in [-0.2, -0.15) is 0 Å². The Bertz CT molecular complexity index is 700. The van der Waals surface area contributed by atoms with Crippen LogP contribution in [0.3, 0.4) is 0 Å². The first kappa shape index (κ1) is 22.1. The molecule has 1 aromatic rings. The molecule has 3 N–H and O–H groups in total. The van der Waals surface area contributed by atoms with Gasteiger partial charge in [-0.05, 0) is 69.0 Å². The number of hydrogen-bond donors (Lipinski definition) is 3. The van der Waals surface area contributed by atoms with Gasteiger partial charge >= 0.3 is 0 Å². The van der Waals surface area contributed by atoms with Crippen molar-refractivity contribution < 1.29 is 17.9 Å². The summed E-state index contributed by atoms with van der Waals surface area (Å²) in [7, 11) is -3.59. The zero-order valence-electron chi connectivity index (χ0n) is 15.3. The normalized spacial score (nSPS) is 22.8. The molecule has 2 aliphatic rings. The molecule has 0 saturated carbocycles. The van der Waals surface area contributed by atoms with Crippen LogP contribution in [-0.4, -0.2) is 53.2 Å². The van der Waals surface area contributed by atoms with Gasteiger partial charge in [-0.3, -0.25) is 4.79 Å². The molecule has 2 unspecified atom stereocenters. The predicted octanol–water partition coefficient (Wildman–Crippen LogP) is 1.30. The fourth-order valence-electron chi connectivity index (χ4n) is 3.31. The first-order chi connectivity index (χ1) is 12.5. The van der Waals surface area contributed by atoms with Gasteiger partial charge in [0.15, 0.2) is 0 Å². The van der Waals surface area contributed by atoms with Gasteiger partial charge in [0.2, 0.25) is 10.0 Å². The Hall–Kier alpha value is -1.19. The molecule has 0 bridgehead atoms. The summed E-state index contributed by atoms with van der Waals surface area (Å²) < 4.78 is 32.7. The molecule has 0 aromatic heterocycles. The van der Waals surface area contributed by atoms with E-state index >= 15 is 0 Å². The van der Waals surface area contributed by atoms with Crippen molar-refractivity contribution in [3.05, 3.63) is 29.8 Å². The monoisotopic (exact) mass is 417 g/mol. The number of hydrogen-bond acceptors (Lipinski definition) is 5. The summed E-state index contributed by atoms with van der Waals surface area (Å²) >= 11 is 0. The molecule has 2 aliphatic heterocycles. The van der Waals surface area contributed by atoms with Crippen LogP contribution >= 0.6 is 12.4 Å². The number of piperidine rings is 1. The van der Waals surface area contributed by atoms with Crippen LogP contribution in [0.25, 0.3) is 0 Å². The van der Waals surface area contributed by atoms with E-state index < -0.39 is 10.0 Å². The lowest BCUT2D eigenvalue weighted by molar-refractivity contribution is 0.0944. The second-order valence-electron chi connectivity index (χ2n) is 6.93. The Kier molecular flexibility index (Phi) is 8.50. The van der Waals surface area contributed by atoms with E-state index in [1.54, 1.807) is 12.1 Å². The summed E-state index contributed by atoms with van der Waals surface area (Å²) in [6, 6.07) is 6.04. The Labute approximate surface area is 167 Å². The fraction of sp³-hybridized carbons (Fsp3) is 0.611. The molecule has 2 atom stereocenters. The number of carbonyl (C=O) groups is 1. The van der Waals surface area contributed by atoms with Gasteiger partial charge in [0, 0.05) is 25.3 Å². The highest BCUT2D eigenvalue weighted by Gasteiger charge is 2.21. The molecule has 3 rings (SSSR count). The molecule has 0 aliphatic carbocycles. The zero-order chi connectivity index (χ0) is 18.4. The van der Waals surface area contributed by atoms with E-state index in [0.29, 0.717) is 24.6 Å². The first-order valence-corrected chi connectivity index (χ1v) is 10.7. The van der Waals surface area contributed by atoms with Crippen molar-refractivity contribution in [2.75, 3.05) is 32.8 Å². The van der Waals surface area contributed by atoms with Crippen molar-refractivity contribution in [2.24, 2.45) is 5.92 Å². The Balaban J connectivity index is 0.00000261. The molecule has 27 heavy (non-hydrogen) atoms. The van der Waals surface area contributed by atoms with Gasteiger partial charge in [0.25, 0.3) is 5.91 Å². The molecule has 152 valence electrons. The van der Waals surface area contributed by atoms with Crippen molar-refractivity contribution in [3.8, 4) is 0 Å². The minimum absolute atomic E-state index is 0. The van der Waals surface area contributed by atoms with Gasteiger partial charge in [-0.15, -0.1) is 12.4 Å². The lowest BCUT2D eigenvalue weighted by atomic mass is 10.00. The van der Waals surface area contributed by atoms with Crippen molar-refractivity contribution >= 4 is 28.3 Å². The summed E-state index contributed by atoms with van der Waals surface area (Å²) in [6.45, 7) is 3.57. The third-order valence-electron chi connectivity index (χ3n) is 4.90. The summed E-state index contributed by atoms with van der Waals surface area (Å²) in [5.41, 5.74) is 0.465. The number of sulfonamides is 1. The van der Waals surface area contributed by atoms with E-state index in [4.69, 9.17) is 4.74 Å². The van der Waals surface area contributed by atoms with Crippen LogP contribution in [-0.2, 0) is 14.8 Å². The predicted molar refractivity (Wildman–Crippen MR) is 106 cm³/mol. The van der Waals surface area contributed by atoms with E-state index in [2.05, 4.69) is 15.4 Å². The van der Waals surface area contributed by atoms with Crippen LogP contribution in [0.2, 0.25) is 0 Å². The van der Waals surface area contributed by atoms with E-state index in [1.165, 1.54) is 12.1 Å². The van der Waals surface area contributed by atoms with Crippen molar-refractivity contribution in [2.45, 2.75) is 36.7 Å². The number of ether oxygens (including phenoxy) is 1. The number of amides is 1. The number of rotatable bonds is 7. The lowest BCUT2D eigenvalue weighted by Crippen LogP contribution is -2.38. The Morgan fingerprint density at radius 3 is 2.56 bits per heavy atom. The third-order valence-corrected chi connectivity index (χ3v) is 6.34. The fourth-order valence-corrected chi connectivity index (χ4v) is 4.38. The molecule has 9 heteroatoms. The minimum Gasteiger partial charge on any atom is -0.377 e. The van der Waals surface area contributed by atoms with Crippen LogP contribution in [0.1, 0.15) is 36.0 Å². The molecule has 0 spiro atoms. The second-order valence-corrected chi connectivity index (χ2v) is 8.70. The maximum Gasteiger partial charge on any atom is 0.251 e. The van der Waals surface area contributed by atoms with Gasteiger partial charge in [-0.1, -0.05) is 0 Å². The summed E-state index contributed by atoms with van der Waals surface area (Å²) in [4.78, 5) is 12.4. The van der Waals surface area contributed by atoms with E-state index in [0.717, 1.165) is 38.8 Å². The molecule has 1 aromatic carbocycles. The van der Waals surface area contributed by atoms with Crippen LogP contribution in [0.5, 0.6) is 0 Å². The number of benzene rings is 1. The SMILES string of the molecule is Cl.O=C(NCC1CCCNC1)c1ccc(S(=O)(=O)NCC2CCCO2)cc1. The van der Waals surface area contributed by atoms with Crippen LogP contribution in [0, 0.1) is 5.92 Å². The molecule has 1 amide bonds. The second kappa shape index (κ2) is 10.4. The average molecular weight is 418 g/mol. The van der Waals surface area contributed by atoms with Crippen LogP contribution in [0.4, 0.5) is 0 Å². The largest absolute Gasteiger partial charge is 0.377 e. The average Bonchev–Trinajstić information content (AvgIpc) is 3.19. The van der Waals surface area contributed by atoms with Crippen molar-refractivity contribution in [3.63, 3.8) is 0 Å². The first-order valence-electron chi connectivity index (χ1n) is 9.25. The van der Waals surface area contributed by atoms with Gasteiger partial charge in [0.1, 0.15) is 0 Å². The van der Waals surface area contributed by atoms with Crippen LogP contribution < -0.4 is 15.4 Å². The summed E-state index contributed by atoms with van der Waals surface area (Å²) in [5.74, 6) is 0.279. The number of carbonyl (C=O) groups excluding carboxylic acids is 1. The van der Waals surface area contributed by atoms with E-state index in [1.807, 2.05) is 0 Å². The number of halogens is 1. The standard InChI is InChI=1S/C18H27N3O4S.ClH/c22-18(20-12-14-3-1-9-19-11-14)15-5-7-17(8-6-15)26(23,24)21-13-16-4-2-10-25-16;/h5-8,14,16,19,21H,1-4,9-13H2,(H,20,22);1H. The Morgan fingerprint density at radius 1 is 1.15 bits per heavy atom. The maximum absolute atomic E-state index is 12.3. The van der Waals surface area contributed by atoms with Crippen LogP contribution in [0.15, 0.2) is 29.2 Å². The lowest BCUT2D eigenvalue weighted by Gasteiger charge is -2.22. The smallest absolute Gasteiger partial charge is 0.251 e. The van der Waals surface area contributed by atoms with Crippen molar-refractivity contribution in [1.82, 2.24) is 15.4 Å². The van der Waals surface area contributed by atoms with Gasteiger partial charge in [-0.25, -0.2) is 13.1 Å². The van der Waals surface area contributed by atoms with E-state index in [9.17, 15) is 13.2 Å². The van der Waals surface area contributed by atoms with Crippen molar-refractivity contribution in [1.29, 1.82) is 0 Å². The van der Waals surface area contributed by atoms with E-state index in [-0.39, 0.29) is 35.9 Å². The maximum atomic E-state index is 12.3. The zero-order valence-corrected chi connectivity index (χ0v) is 16.9. The quantitative estimate of drug-likeness (QED) is 0.621. The molecule has 2 saturated heterocycles. The van der Waals surface area contributed by atoms with Gasteiger partial charge in [0.05, 0.1) is 11.0 Å². The minimum atomic E-state index is -3.59. The van der Waals surface area contributed by atoms with Gasteiger partial charge < -0.3 is 15.4 Å². The highest BCUT2D eigenvalue weighted by atomic mass is 35.5. The molecule has 2 fully saturated rings. The molecule has 0 radical (unpaired) electrons. The molecular weight excluding hydrogens is 390 g/mol. The number of nitrogens with one attached hydrogen (secondary N) is 3. The molecule has 7 nitrogen and oxygen atoms in total. The highest BCUT2D eigenvalue weighted by molar-refractivity contribution is 7.89. The third kappa shape index (κ3) is 6.43. The topological polar surface area (TPSA) is 96.5 Å². The summed E-state index contributed by atoms with van der Waals surface area (Å²) in [5, 5.41) is 6.25. The highest BCUT2D eigenvalue weighted by Crippen LogP contribution is 2.14. The Morgan fingerprint density at radius 2 is 1.93 bits per heavy atom. The molecular formula is C18H28ClN3O4S. The summed E-state index contributed by atoms with van der Waals surface area (Å²) in [6.07, 6.45) is 4.03.